The van der Waals surface area contributed by atoms with Crippen LogP contribution in [0.4, 0.5) is 10.1 Å². The van der Waals surface area contributed by atoms with Crippen molar-refractivity contribution in [2.24, 2.45) is 0 Å². The van der Waals surface area contributed by atoms with Gasteiger partial charge in [0.2, 0.25) is 0 Å². The van der Waals surface area contributed by atoms with Gasteiger partial charge in [-0.05, 0) is 48.6 Å². The van der Waals surface area contributed by atoms with Gasteiger partial charge in [-0.25, -0.2) is 4.39 Å². The van der Waals surface area contributed by atoms with Crippen LogP contribution >= 0.6 is 0 Å². The number of ether oxygens (including phenoxy) is 2. The Balaban J connectivity index is 2.01. The lowest BCUT2D eigenvalue weighted by molar-refractivity contribution is -0.152. The number of carbonyl (C=O) groups is 2. The number of esters is 1. The first-order valence-electron chi connectivity index (χ1n) is 9.15. The summed E-state index contributed by atoms with van der Waals surface area (Å²) in [7, 11) is 1.37. The number of para-hydroxylation sites is 1. The number of hydrogen-bond acceptors (Lipinski definition) is 4. The van der Waals surface area contributed by atoms with Crippen molar-refractivity contribution in [3.05, 3.63) is 58.9 Å². The Kier molecular flexibility index (Phi) is 7.15. The van der Waals surface area contributed by atoms with Crippen molar-refractivity contribution >= 4 is 17.6 Å². The highest BCUT2D eigenvalue weighted by molar-refractivity contribution is 5.96. The molecule has 28 heavy (non-hydrogen) atoms. The van der Waals surface area contributed by atoms with E-state index in [0.717, 1.165) is 16.8 Å². The molecule has 0 saturated carbocycles. The van der Waals surface area contributed by atoms with Crippen molar-refractivity contribution in [3.63, 3.8) is 0 Å². The summed E-state index contributed by atoms with van der Waals surface area (Å²) in [5, 5.41) is 2.86. The summed E-state index contributed by atoms with van der Waals surface area (Å²) >= 11 is 0. The van der Waals surface area contributed by atoms with Crippen LogP contribution in [0.25, 0.3) is 0 Å². The molecule has 0 spiro atoms. The van der Waals surface area contributed by atoms with Crippen LogP contribution in [0.3, 0.4) is 0 Å². The van der Waals surface area contributed by atoms with Crippen LogP contribution in [-0.4, -0.2) is 25.1 Å². The summed E-state index contributed by atoms with van der Waals surface area (Å²) < 4.78 is 23.8. The molecule has 6 heteroatoms. The van der Waals surface area contributed by atoms with Gasteiger partial charge in [0, 0.05) is 5.69 Å². The van der Waals surface area contributed by atoms with Crippen LogP contribution in [0.5, 0.6) is 5.75 Å². The van der Waals surface area contributed by atoms with Crippen LogP contribution in [0, 0.1) is 12.7 Å². The lowest BCUT2D eigenvalue weighted by Gasteiger charge is -2.19. The van der Waals surface area contributed by atoms with Crippen LogP contribution in [0.15, 0.2) is 36.4 Å². The Bertz CT molecular complexity index is 864. The van der Waals surface area contributed by atoms with E-state index < -0.39 is 23.8 Å². The first kappa shape index (κ1) is 21.4. The van der Waals surface area contributed by atoms with Crippen LogP contribution < -0.4 is 10.1 Å². The van der Waals surface area contributed by atoms with Gasteiger partial charge in [0.05, 0.1) is 13.5 Å². The van der Waals surface area contributed by atoms with Gasteiger partial charge < -0.3 is 14.8 Å². The number of carbonyl (C=O) groups excluding carboxylic acids is 2. The minimum absolute atomic E-state index is 0.101. The molecular formula is C22H26FNO4. The molecule has 1 amide bonds. The van der Waals surface area contributed by atoms with E-state index in [0.29, 0.717) is 5.56 Å². The summed E-state index contributed by atoms with van der Waals surface area (Å²) in [5.41, 5.74) is 3.13. The Morgan fingerprint density at radius 1 is 1.14 bits per heavy atom. The zero-order valence-corrected chi connectivity index (χ0v) is 16.8. The molecule has 5 nitrogen and oxygen atoms in total. The molecule has 0 radical (unpaired) electrons. The number of halogens is 1. The zero-order valence-electron chi connectivity index (χ0n) is 16.8. The Labute approximate surface area is 164 Å². The molecule has 0 aliphatic heterocycles. The highest BCUT2D eigenvalue weighted by Crippen LogP contribution is 2.27. The average molecular weight is 387 g/mol. The second-order valence-corrected chi connectivity index (χ2v) is 6.96. The highest BCUT2D eigenvalue weighted by atomic mass is 19.1. The smallest absolute Gasteiger partial charge is 0.311 e. The van der Waals surface area contributed by atoms with Gasteiger partial charge in [0.15, 0.2) is 17.7 Å². The second-order valence-electron chi connectivity index (χ2n) is 6.96. The van der Waals surface area contributed by atoms with Crippen molar-refractivity contribution in [1.82, 2.24) is 0 Å². The van der Waals surface area contributed by atoms with Gasteiger partial charge in [-0.15, -0.1) is 0 Å². The molecule has 1 N–H and O–H groups in total. The summed E-state index contributed by atoms with van der Waals surface area (Å²) in [4.78, 5) is 24.6. The fourth-order valence-corrected chi connectivity index (χ4v) is 2.85. The summed E-state index contributed by atoms with van der Waals surface area (Å²) in [6.07, 6.45) is -1.12. The van der Waals surface area contributed by atoms with E-state index in [1.807, 2.05) is 39.0 Å². The van der Waals surface area contributed by atoms with Crippen molar-refractivity contribution < 1.29 is 23.5 Å². The monoisotopic (exact) mass is 387 g/mol. The zero-order chi connectivity index (χ0) is 20.8. The molecule has 150 valence electrons. The predicted molar refractivity (Wildman–Crippen MR) is 106 cm³/mol. The van der Waals surface area contributed by atoms with Crippen molar-refractivity contribution in [2.75, 3.05) is 12.4 Å². The fourth-order valence-electron chi connectivity index (χ4n) is 2.85. The van der Waals surface area contributed by atoms with E-state index in [1.54, 1.807) is 6.07 Å². The molecule has 0 aliphatic rings. The van der Waals surface area contributed by atoms with Gasteiger partial charge in [-0.1, -0.05) is 38.1 Å². The second kappa shape index (κ2) is 9.35. The number of hydrogen-bond donors (Lipinski definition) is 1. The predicted octanol–water partition coefficient (Wildman–Crippen LogP) is 4.38. The van der Waals surface area contributed by atoms with E-state index in [1.165, 1.54) is 26.2 Å². The number of nitrogens with one attached hydrogen (secondary N) is 1. The molecule has 0 aliphatic carbocycles. The minimum atomic E-state index is -0.977. The van der Waals surface area contributed by atoms with E-state index in [9.17, 15) is 14.0 Å². The summed E-state index contributed by atoms with van der Waals surface area (Å²) in [6.45, 7) is 7.51. The summed E-state index contributed by atoms with van der Waals surface area (Å²) in [5.74, 6) is -1.24. The molecule has 0 bridgehead atoms. The normalized spacial score (nSPS) is 11.8. The van der Waals surface area contributed by atoms with Gasteiger partial charge in [0.25, 0.3) is 5.91 Å². The maximum atomic E-state index is 13.7. The lowest BCUT2D eigenvalue weighted by atomic mass is 9.98. The molecule has 2 aromatic rings. The number of amides is 1. The van der Waals surface area contributed by atoms with E-state index in [-0.39, 0.29) is 18.1 Å². The van der Waals surface area contributed by atoms with Crippen LogP contribution in [0.2, 0.25) is 0 Å². The van der Waals surface area contributed by atoms with Gasteiger partial charge in [-0.3, -0.25) is 9.59 Å². The Morgan fingerprint density at radius 3 is 2.46 bits per heavy atom. The topological polar surface area (TPSA) is 64.6 Å². The number of benzene rings is 2. The standard InChI is InChI=1S/C22H26FNO4/c1-13(2)17-8-6-7-14(3)21(17)24-22(26)15(4)28-20(25)12-16-9-10-19(27-5)18(23)11-16/h6-11,13,15H,12H2,1-5H3,(H,24,26)/t15-/m1/s1. The molecular weight excluding hydrogens is 361 g/mol. The third kappa shape index (κ3) is 5.31. The van der Waals surface area contributed by atoms with E-state index >= 15 is 0 Å². The van der Waals surface area contributed by atoms with Crippen molar-refractivity contribution in [2.45, 2.75) is 46.1 Å². The Morgan fingerprint density at radius 2 is 1.86 bits per heavy atom. The van der Waals surface area contributed by atoms with Gasteiger partial charge >= 0.3 is 5.97 Å². The summed E-state index contributed by atoms with van der Waals surface area (Å²) in [6, 6.07) is 10.1. The van der Waals surface area contributed by atoms with Crippen LogP contribution in [-0.2, 0) is 20.7 Å². The molecule has 0 saturated heterocycles. The number of anilines is 1. The van der Waals surface area contributed by atoms with E-state index in [4.69, 9.17) is 9.47 Å². The fraction of sp³-hybridized carbons (Fsp3) is 0.364. The molecule has 0 fully saturated rings. The first-order valence-corrected chi connectivity index (χ1v) is 9.15. The number of methoxy groups -OCH3 is 1. The molecule has 2 rings (SSSR count). The number of aryl methyl sites for hydroxylation is 1. The number of rotatable bonds is 7. The first-order chi connectivity index (χ1) is 13.2. The minimum Gasteiger partial charge on any atom is -0.494 e. The SMILES string of the molecule is COc1ccc(CC(=O)O[C@H](C)C(=O)Nc2c(C)cccc2C(C)C)cc1F. The van der Waals surface area contributed by atoms with Gasteiger partial charge in [0.1, 0.15) is 0 Å². The molecule has 2 aromatic carbocycles. The van der Waals surface area contributed by atoms with Crippen molar-refractivity contribution in [1.29, 1.82) is 0 Å². The van der Waals surface area contributed by atoms with E-state index in [2.05, 4.69) is 5.32 Å². The molecule has 0 aromatic heterocycles. The lowest BCUT2D eigenvalue weighted by Crippen LogP contribution is -2.31. The average Bonchev–Trinajstić information content (AvgIpc) is 2.63. The molecule has 0 heterocycles. The Hall–Kier alpha value is -2.89. The van der Waals surface area contributed by atoms with Gasteiger partial charge in [-0.2, -0.15) is 0 Å². The molecule has 0 unspecified atom stereocenters. The highest BCUT2D eigenvalue weighted by Gasteiger charge is 2.21. The maximum Gasteiger partial charge on any atom is 0.311 e. The third-order valence-electron chi connectivity index (χ3n) is 4.42. The maximum absolute atomic E-state index is 13.7. The molecule has 1 atom stereocenters. The third-order valence-corrected chi connectivity index (χ3v) is 4.42. The van der Waals surface area contributed by atoms with Crippen molar-refractivity contribution in [3.8, 4) is 5.75 Å². The van der Waals surface area contributed by atoms with Crippen LogP contribution in [0.1, 0.15) is 43.4 Å². The quantitative estimate of drug-likeness (QED) is 0.716. The largest absolute Gasteiger partial charge is 0.494 e.